The molecule has 0 bridgehead atoms. The SMILES string of the molecule is CC1(C)CN(C(=O)c2cccc(Cl)c2)CC/C1=C\c1cc(-c2cccc(Cl)c2)n(Cc2ccc(O)cc2)n1. The Hall–Kier alpha value is -3.54. The average molecular weight is 546 g/mol. The standard InChI is InChI=1S/C31H29Cl2N3O2/c1-31(2)20-35(30(38)23-6-4-8-26(33)16-23)14-13-24(31)17-27-18-29(22-5-3-7-25(32)15-22)36(34-27)19-21-9-11-28(37)12-10-21/h3-12,15-18,37H,13-14,19-20H2,1-2H3/b24-17+. The molecule has 194 valence electrons. The maximum absolute atomic E-state index is 13.1. The highest BCUT2D eigenvalue weighted by Gasteiger charge is 2.33. The number of piperidine rings is 1. The lowest BCUT2D eigenvalue weighted by Gasteiger charge is -2.40. The molecule has 1 amide bonds. The Balaban J connectivity index is 1.43. The van der Waals surface area contributed by atoms with Crippen LogP contribution in [0.15, 0.2) is 84.4 Å². The Labute approximate surface area is 232 Å². The molecule has 1 aliphatic rings. The summed E-state index contributed by atoms with van der Waals surface area (Å²) in [5.74, 6) is 0.234. The van der Waals surface area contributed by atoms with Crippen LogP contribution in [0, 0.1) is 5.41 Å². The monoisotopic (exact) mass is 545 g/mol. The van der Waals surface area contributed by atoms with E-state index in [9.17, 15) is 9.90 Å². The quantitative estimate of drug-likeness (QED) is 0.281. The lowest BCUT2D eigenvalue weighted by Crippen LogP contribution is -2.44. The molecule has 0 unspecified atom stereocenters. The first-order chi connectivity index (χ1) is 18.2. The predicted octanol–water partition coefficient (Wildman–Crippen LogP) is 7.57. The van der Waals surface area contributed by atoms with Crippen molar-refractivity contribution in [2.45, 2.75) is 26.8 Å². The summed E-state index contributed by atoms with van der Waals surface area (Å²) in [5.41, 5.74) is 5.47. The molecule has 1 fully saturated rings. The zero-order valence-electron chi connectivity index (χ0n) is 21.4. The van der Waals surface area contributed by atoms with Gasteiger partial charge in [0, 0.05) is 39.7 Å². The van der Waals surface area contributed by atoms with Gasteiger partial charge < -0.3 is 10.0 Å². The van der Waals surface area contributed by atoms with E-state index in [1.165, 1.54) is 5.57 Å². The Morgan fingerprint density at radius 2 is 1.71 bits per heavy atom. The van der Waals surface area contributed by atoms with Gasteiger partial charge in [-0.1, -0.05) is 73.0 Å². The van der Waals surface area contributed by atoms with Gasteiger partial charge in [0.25, 0.3) is 5.91 Å². The number of likely N-dealkylation sites (tertiary alicyclic amines) is 1. The van der Waals surface area contributed by atoms with Gasteiger partial charge in [0.2, 0.25) is 0 Å². The number of amides is 1. The third kappa shape index (κ3) is 5.79. The summed E-state index contributed by atoms with van der Waals surface area (Å²) in [6.07, 6.45) is 2.92. The number of hydrogen-bond acceptors (Lipinski definition) is 3. The van der Waals surface area contributed by atoms with Crippen LogP contribution in [0.4, 0.5) is 0 Å². The lowest BCUT2D eigenvalue weighted by atomic mass is 9.78. The Kier molecular flexibility index (Phi) is 7.33. The summed E-state index contributed by atoms with van der Waals surface area (Å²) >= 11 is 12.4. The van der Waals surface area contributed by atoms with Crippen molar-refractivity contribution in [3.05, 3.63) is 111 Å². The second kappa shape index (κ2) is 10.7. The van der Waals surface area contributed by atoms with E-state index >= 15 is 0 Å². The van der Waals surface area contributed by atoms with E-state index in [4.69, 9.17) is 28.3 Å². The highest BCUT2D eigenvalue weighted by atomic mass is 35.5. The first-order valence-corrected chi connectivity index (χ1v) is 13.3. The average Bonchev–Trinajstić information content (AvgIpc) is 3.28. The molecule has 1 N–H and O–H groups in total. The molecule has 0 atom stereocenters. The number of halogens is 2. The van der Waals surface area contributed by atoms with Crippen LogP contribution in [0.2, 0.25) is 10.0 Å². The van der Waals surface area contributed by atoms with E-state index < -0.39 is 0 Å². The minimum absolute atomic E-state index is 0.000966. The van der Waals surface area contributed by atoms with Gasteiger partial charge in [-0.3, -0.25) is 9.48 Å². The van der Waals surface area contributed by atoms with Gasteiger partial charge in [-0.25, -0.2) is 0 Å². The molecule has 0 aliphatic carbocycles. The Morgan fingerprint density at radius 3 is 2.39 bits per heavy atom. The summed E-state index contributed by atoms with van der Waals surface area (Å²) in [7, 11) is 0. The summed E-state index contributed by atoms with van der Waals surface area (Å²) in [5, 5.41) is 15.8. The zero-order valence-corrected chi connectivity index (χ0v) is 22.9. The molecule has 1 saturated heterocycles. The molecule has 3 aromatic carbocycles. The fourth-order valence-corrected chi connectivity index (χ4v) is 5.34. The summed E-state index contributed by atoms with van der Waals surface area (Å²) < 4.78 is 1.97. The van der Waals surface area contributed by atoms with Crippen LogP contribution >= 0.6 is 23.2 Å². The van der Waals surface area contributed by atoms with Crippen LogP contribution in [-0.4, -0.2) is 38.8 Å². The third-order valence-corrected chi connectivity index (χ3v) is 7.45. The molecular formula is C31H29Cl2N3O2. The molecule has 0 spiro atoms. The minimum Gasteiger partial charge on any atom is -0.508 e. The highest BCUT2D eigenvalue weighted by Crippen LogP contribution is 2.37. The van der Waals surface area contributed by atoms with Gasteiger partial charge in [-0.05, 0) is 66.6 Å². The van der Waals surface area contributed by atoms with Crippen molar-refractivity contribution in [2.24, 2.45) is 5.41 Å². The molecule has 0 radical (unpaired) electrons. The number of aromatic nitrogens is 2. The fraction of sp³-hybridized carbons (Fsp3) is 0.226. The molecule has 1 aromatic heterocycles. The van der Waals surface area contributed by atoms with Crippen molar-refractivity contribution in [1.82, 2.24) is 14.7 Å². The lowest BCUT2D eigenvalue weighted by molar-refractivity contribution is 0.0664. The predicted molar refractivity (Wildman–Crippen MR) is 154 cm³/mol. The van der Waals surface area contributed by atoms with Crippen LogP contribution in [0.5, 0.6) is 5.75 Å². The van der Waals surface area contributed by atoms with Gasteiger partial charge >= 0.3 is 0 Å². The number of phenolic OH excluding ortho intramolecular Hbond substituents is 1. The second-order valence-electron chi connectivity index (χ2n) is 10.3. The number of benzene rings is 3. The van der Waals surface area contributed by atoms with Crippen molar-refractivity contribution in [1.29, 1.82) is 0 Å². The fourth-order valence-electron chi connectivity index (χ4n) is 4.96. The number of hydrogen-bond donors (Lipinski definition) is 1. The third-order valence-electron chi connectivity index (χ3n) is 6.98. The van der Waals surface area contributed by atoms with E-state index in [0.29, 0.717) is 35.2 Å². The Morgan fingerprint density at radius 1 is 1.00 bits per heavy atom. The maximum Gasteiger partial charge on any atom is 0.253 e. The summed E-state index contributed by atoms with van der Waals surface area (Å²) in [4.78, 5) is 15.0. The molecule has 1 aliphatic heterocycles. The molecular weight excluding hydrogens is 517 g/mol. The zero-order chi connectivity index (χ0) is 26.9. The van der Waals surface area contributed by atoms with Crippen molar-refractivity contribution >= 4 is 35.2 Å². The van der Waals surface area contributed by atoms with E-state index in [-0.39, 0.29) is 17.1 Å². The van der Waals surface area contributed by atoms with Gasteiger partial charge in [0.05, 0.1) is 17.9 Å². The first-order valence-electron chi connectivity index (χ1n) is 12.6. The number of phenols is 1. The molecule has 4 aromatic rings. The Bertz CT molecular complexity index is 1510. The smallest absolute Gasteiger partial charge is 0.253 e. The number of rotatable bonds is 5. The number of carbonyl (C=O) groups is 1. The molecule has 5 rings (SSSR count). The van der Waals surface area contributed by atoms with E-state index in [1.54, 1.807) is 24.3 Å². The number of carbonyl (C=O) groups excluding carboxylic acids is 1. The normalized spacial score (nSPS) is 16.1. The van der Waals surface area contributed by atoms with E-state index in [2.05, 4.69) is 26.0 Å². The summed E-state index contributed by atoms with van der Waals surface area (Å²) in [6, 6.07) is 24.1. The van der Waals surface area contributed by atoms with Crippen LogP contribution < -0.4 is 0 Å². The van der Waals surface area contributed by atoms with Gasteiger partial charge in [0.1, 0.15) is 5.75 Å². The minimum atomic E-state index is -0.219. The van der Waals surface area contributed by atoms with Gasteiger partial charge in [-0.2, -0.15) is 5.10 Å². The molecule has 38 heavy (non-hydrogen) atoms. The topological polar surface area (TPSA) is 58.4 Å². The molecule has 5 nitrogen and oxygen atoms in total. The van der Waals surface area contributed by atoms with Crippen LogP contribution in [0.25, 0.3) is 17.3 Å². The number of nitrogens with zero attached hydrogens (tertiary/aromatic N) is 3. The largest absolute Gasteiger partial charge is 0.508 e. The molecule has 0 saturated carbocycles. The van der Waals surface area contributed by atoms with E-state index in [0.717, 1.165) is 28.9 Å². The first kappa shape index (κ1) is 26.1. The van der Waals surface area contributed by atoms with Crippen LogP contribution in [0.1, 0.15) is 41.9 Å². The van der Waals surface area contributed by atoms with Crippen LogP contribution in [-0.2, 0) is 6.54 Å². The molecule has 7 heteroatoms. The van der Waals surface area contributed by atoms with Gasteiger partial charge in [-0.15, -0.1) is 0 Å². The highest BCUT2D eigenvalue weighted by molar-refractivity contribution is 6.31. The van der Waals surface area contributed by atoms with E-state index in [1.807, 2.05) is 58.1 Å². The van der Waals surface area contributed by atoms with Crippen molar-refractivity contribution < 1.29 is 9.90 Å². The van der Waals surface area contributed by atoms with Crippen LogP contribution in [0.3, 0.4) is 0 Å². The second-order valence-corrected chi connectivity index (χ2v) is 11.2. The summed E-state index contributed by atoms with van der Waals surface area (Å²) in [6.45, 7) is 6.13. The van der Waals surface area contributed by atoms with Crippen molar-refractivity contribution in [3.8, 4) is 17.0 Å². The molecule has 2 heterocycles. The van der Waals surface area contributed by atoms with Crippen molar-refractivity contribution in [3.63, 3.8) is 0 Å². The number of aromatic hydroxyl groups is 1. The van der Waals surface area contributed by atoms with Crippen molar-refractivity contribution in [2.75, 3.05) is 13.1 Å². The maximum atomic E-state index is 13.1. The van der Waals surface area contributed by atoms with Gasteiger partial charge in [0.15, 0.2) is 0 Å².